The van der Waals surface area contributed by atoms with Gasteiger partial charge in [-0.05, 0) is 25.6 Å². The minimum Gasteiger partial charge on any atom is -0.390 e. The smallest absolute Gasteiger partial charge is 0.0839 e. The van der Waals surface area contributed by atoms with Crippen LogP contribution in [0.25, 0.3) is 0 Å². The van der Waals surface area contributed by atoms with Crippen molar-refractivity contribution in [2.75, 3.05) is 51.6 Å². The summed E-state index contributed by atoms with van der Waals surface area (Å²) < 4.78 is 0. The predicted molar refractivity (Wildman–Crippen MR) is 84.6 cm³/mol. The number of halogens is 1. The summed E-state index contributed by atoms with van der Waals surface area (Å²) in [5.41, 5.74) is 2.02. The van der Waals surface area contributed by atoms with E-state index in [1.807, 2.05) is 25.1 Å². The number of nitrogens with one attached hydrogen (secondary N) is 1. The van der Waals surface area contributed by atoms with Gasteiger partial charge in [0.15, 0.2) is 0 Å². The molecule has 0 radical (unpaired) electrons. The summed E-state index contributed by atoms with van der Waals surface area (Å²) in [6.45, 7) is 7.45. The Hall–Kier alpha value is -0.810. The van der Waals surface area contributed by atoms with Gasteiger partial charge >= 0.3 is 0 Å². The summed E-state index contributed by atoms with van der Waals surface area (Å²) in [5.74, 6) is 0. The van der Waals surface area contributed by atoms with Crippen LogP contribution in [0.5, 0.6) is 0 Å². The second-order valence-corrected chi connectivity index (χ2v) is 5.98. The number of nitrogens with zero attached hydrogens (tertiary/aromatic N) is 2. The van der Waals surface area contributed by atoms with Gasteiger partial charge in [-0.3, -0.25) is 4.90 Å². The van der Waals surface area contributed by atoms with Gasteiger partial charge in [-0.2, -0.15) is 0 Å². The molecule has 0 aromatic heterocycles. The maximum absolute atomic E-state index is 10.1. The van der Waals surface area contributed by atoms with Gasteiger partial charge in [-0.1, -0.05) is 23.7 Å². The minimum absolute atomic E-state index is 0.380. The summed E-state index contributed by atoms with van der Waals surface area (Å²) in [4.78, 5) is 4.63. The second-order valence-electron chi connectivity index (χ2n) is 5.57. The number of benzene rings is 1. The first kappa shape index (κ1) is 15.6. The van der Waals surface area contributed by atoms with E-state index in [4.69, 9.17) is 11.6 Å². The zero-order chi connectivity index (χ0) is 14.5. The first-order valence-electron chi connectivity index (χ1n) is 7.14. The standard InChI is InChI=1S/C15H24ClN3O/c1-12-4-3-5-14(16)15(12)17-10-13(20)11-19-8-6-18(2)7-9-19/h3-5,13,17,20H,6-11H2,1-2H3/t13-/m1/s1. The molecule has 1 aromatic carbocycles. The van der Waals surface area contributed by atoms with Crippen molar-refractivity contribution in [3.63, 3.8) is 0 Å². The van der Waals surface area contributed by atoms with Gasteiger partial charge in [0.1, 0.15) is 0 Å². The van der Waals surface area contributed by atoms with Crippen LogP contribution in [0.2, 0.25) is 5.02 Å². The lowest BCUT2D eigenvalue weighted by molar-refractivity contribution is 0.0869. The minimum atomic E-state index is -0.380. The van der Waals surface area contributed by atoms with E-state index in [-0.39, 0.29) is 6.10 Å². The predicted octanol–water partition coefficient (Wildman–Crippen LogP) is 1.67. The van der Waals surface area contributed by atoms with Crippen molar-refractivity contribution in [2.45, 2.75) is 13.0 Å². The second kappa shape index (κ2) is 7.27. The van der Waals surface area contributed by atoms with E-state index in [0.717, 1.165) is 37.4 Å². The van der Waals surface area contributed by atoms with Crippen LogP contribution in [0.3, 0.4) is 0 Å². The van der Waals surface area contributed by atoms with Gasteiger partial charge < -0.3 is 15.3 Å². The molecule has 0 bridgehead atoms. The molecule has 4 nitrogen and oxygen atoms in total. The largest absolute Gasteiger partial charge is 0.390 e. The van der Waals surface area contributed by atoms with Gasteiger partial charge in [-0.25, -0.2) is 0 Å². The number of piperazine rings is 1. The molecule has 1 aromatic rings. The number of likely N-dealkylation sites (N-methyl/N-ethyl adjacent to an activating group) is 1. The van der Waals surface area contributed by atoms with Gasteiger partial charge in [0.2, 0.25) is 0 Å². The zero-order valence-electron chi connectivity index (χ0n) is 12.3. The molecule has 112 valence electrons. The Bertz CT molecular complexity index is 413. The van der Waals surface area contributed by atoms with Crippen molar-refractivity contribution < 1.29 is 5.11 Å². The summed E-state index contributed by atoms with van der Waals surface area (Å²) in [7, 11) is 2.13. The Kier molecular flexibility index (Phi) is 5.66. The number of para-hydroxylation sites is 1. The molecular weight excluding hydrogens is 274 g/mol. The Morgan fingerprint density at radius 1 is 1.30 bits per heavy atom. The van der Waals surface area contributed by atoms with Crippen LogP contribution >= 0.6 is 11.6 Å². The number of aryl methyl sites for hydroxylation is 1. The molecule has 1 aliphatic heterocycles. The van der Waals surface area contributed by atoms with Crippen molar-refractivity contribution in [1.29, 1.82) is 0 Å². The van der Waals surface area contributed by atoms with E-state index in [1.54, 1.807) is 0 Å². The molecule has 0 amide bonds. The number of aliphatic hydroxyl groups excluding tert-OH is 1. The van der Waals surface area contributed by atoms with Crippen molar-refractivity contribution >= 4 is 17.3 Å². The van der Waals surface area contributed by atoms with Crippen LogP contribution in [-0.4, -0.2) is 67.3 Å². The van der Waals surface area contributed by atoms with E-state index in [2.05, 4.69) is 22.2 Å². The van der Waals surface area contributed by atoms with Crippen LogP contribution < -0.4 is 5.32 Å². The molecule has 0 aliphatic carbocycles. The fourth-order valence-electron chi connectivity index (χ4n) is 2.47. The third-order valence-corrected chi connectivity index (χ3v) is 4.12. The Morgan fingerprint density at radius 2 is 2.00 bits per heavy atom. The molecule has 1 fully saturated rings. The zero-order valence-corrected chi connectivity index (χ0v) is 13.0. The monoisotopic (exact) mass is 297 g/mol. The average Bonchev–Trinajstić information content (AvgIpc) is 2.41. The number of hydrogen-bond acceptors (Lipinski definition) is 4. The van der Waals surface area contributed by atoms with Crippen LogP contribution in [0.4, 0.5) is 5.69 Å². The molecule has 1 atom stereocenters. The third-order valence-electron chi connectivity index (χ3n) is 3.80. The molecule has 0 saturated carbocycles. The first-order valence-corrected chi connectivity index (χ1v) is 7.52. The topological polar surface area (TPSA) is 38.7 Å². The highest BCUT2D eigenvalue weighted by Crippen LogP contribution is 2.25. The lowest BCUT2D eigenvalue weighted by Crippen LogP contribution is -2.47. The highest BCUT2D eigenvalue weighted by atomic mass is 35.5. The lowest BCUT2D eigenvalue weighted by Gasteiger charge is -2.33. The normalized spacial score (nSPS) is 19.0. The van der Waals surface area contributed by atoms with E-state index in [9.17, 15) is 5.11 Å². The Balaban J connectivity index is 1.79. The molecule has 1 saturated heterocycles. The molecule has 1 aliphatic rings. The number of aliphatic hydroxyl groups is 1. The van der Waals surface area contributed by atoms with Crippen molar-refractivity contribution in [3.8, 4) is 0 Å². The molecule has 5 heteroatoms. The van der Waals surface area contributed by atoms with Crippen molar-refractivity contribution in [2.24, 2.45) is 0 Å². The van der Waals surface area contributed by atoms with Gasteiger partial charge in [0.05, 0.1) is 16.8 Å². The fourth-order valence-corrected chi connectivity index (χ4v) is 2.76. The Labute approximate surface area is 126 Å². The third kappa shape index (κ3) is 4.35. The van der Waals surface area contributed by atoms with Crippen LogP contribution in [0, 0.1) is 6.92 Å². The molecule has 0 spiro atoms. The van der Waals surface area contributed by atoms with Crippen LogP contribution in [-0.2, 0) is 0 Å². The van der Waals surface area contributed by atoms with Crippen molar-refractivity contribution in [1.82, 2.24) is 9.80 Å². The quantitative estimate of drug-likeness (QED) is 0.867. The van der Waals surface area contributed by atoms with E-state index < -0.39 is 0 Å². The van der Waals surface area contributed by atoms with Crippen molar-refractivity contribution in [3.05, 3.63) is 28.8 Å². The summed E-state index contributed by atoms with van der Waals surface area (Å²) in [5, 5.41) is 14.1. The van der Waals surface area contributed by atoms with Gasteiger partial charge in [0.25, 0.3) is 0 Å². The van der Waals surface area contributed by atoms with E-state index in [1.165, 1.54) is 0 Å². The van der Waals surface area contributed by atoms with E-state index >= 15 is 0 Å². The van der Waals surface area contributed by atoms with E-state index in [0.29, 0.717) is 18.1 Å². The summed E-state index contributed by atoms with van der Waals surface area (Å²) in [6.07, 6.45) is -0.380. The lowest BCUT2D eigenvalue weighted by atomic mass is 10.2. The number of β-amino-alcohol motifs (C(OH)–C–C–N with tert-alkyl or cyclic N) is 1. The highest BCUT2D eigenvalue weighted by molar-refractivity contribution is 6.33. The van der Waals surface area contributed by atoms with Crippen LogP contribution in [0.15, 0.2) is 18.2 Å². The molecule has 20 heavy (non-hydrogen) atoms. The molecule has 1 heterocycles. The fraction of sp³-hybridized carbons (Fsp3) is 0.600. The molecule has 0 unspecified atom stereocenters. The van der Waals surface area contributed by atoms with Crippen LogP contribution in [0.1, 0.15) is 5.56 Å². The highest BCUT2D eigenvalue weighted by Gasteiger charge is 2.17. The number of rotatable bonds is 5. The summed E-state index contributed by atoms with van der Waals surface area (Å²) in [6, 6.07) is 5.81. The SMILES string of the molecule is Cc1cccc(Cl)c1NC[C@@H](O)CN1CCN(C)CC1. The number of anilines is 1. The maximum Gasteiger partial charge on any atom is 0.0839 e. The molecule has 2 N–H and O–H groups in total. The molecular formula is C15H24ClN3O. The maximum atomic E-state index is 10.1. The summed E-state index contributed by atoms with van der Waals surface area (Å²) >= 11 is 6.16. The van der Waals surface area contributed by atoms with Gasteiger partial charge in [0, 0.05) is 39.3 Å². The molecule has 2 rings (SSSR count). The Morgan fingerprint density at radius 3 is 2.65 bits per heavy atom. The first-order chi connectivity index (χ1) is 9.56. The number of hydrogen-bond donors (Lipinski definition) is 2. The average molecular weight is 298 g/mol. The van der Waals surface area contributed by atoms with Gasteiger partial charge in [-0.15, -0.1) is 0 Å².